The van der Waals surface area contributed by atoms with Crippen molar-refractivity contribution in [2.75, 3.05) is 18.8 Å². The van der Waals surface area contributed by atoms with Gasteiger partial charge in [-0.2, -0.15) is 30.0 Å². The second-order valence-corrected chi connectivity index (χ2v) is 6.79. The molecule has 0 saturated carbocycles. The van der Waals surface area contributed by atoms with E-state index in [-0.39, 0.29) is 36.1 Å². The van der Waals surface area contributed by atoms with E-state index < -0.39 is 11.9 Å². The van der Waals surface area contributed by atoms with Crippen LogP contribution in [0.4, 0.5) is 13.2 Å². The number of rotatable bonds is 5. The van der Waals surface area contributed by atoms with E-state index in [0.29, 0.717) is 17.8 Å². The van der Waals surface area contributed by atoms with Crippen LogP contribution in [-0.4, -0.2) is 39.8 Å². The molecule has 1 aromatic rings. The van der Waals surface area contributed by atoms with Crippen LogP contribution < -0.4 is 10.6 Å². The smallest absolute Gasteiger partial charge is 0.357 e. The van der Waals surface area contributed by atoms with Crippen molar-refractivity contribution in [3.8, 4) is 0 Å². The van der Waals surface area contributed by atoms with Crippen LogP contribution in [0, 0.1) is 0 Å². The Labute approximate surface area is 161 Å². The first kappa shape index (κ1) is 21.4. The molecule has 5 nitrogen and oxygen atoms in total. The van der Waals surface area contributed by atoms with E-state index in [1.165, 1.54) is 30.1 Å². The van der Waals surface area contributed by atoms with Crippen LogP contribution >= 0.6 is 35.7 Å². The first-order valence-electron chi connectivity index (χ1n) is 7.63. The molecule has 0 radical (unpaired) electrons. The second-order valence-electron chi connectivity index (χ2n) is 5.39. The Morgan fingerprint density at radius 3 is 2.79 bits per heavy atom. The van der Waals surface area contributed by atoms with Gasteiger partial charge in [-0.25, -0.2) is 4.99 Å². The first-order chi connectivity index (χ1) is 10.9. The van der Waals surface area contributed by atoms with Crippen molar-refractivity contribution in [3.05, 3.63) is 17.5 Å². The van der Waals surface area contributed by atoms with E-state index in [2.05, 4.69) is 20.7 Å². The molecule has 0 amide bonds. The minimum absolute atomic E-state index is 0. The molecule has 1 aliphatic rings. The lowest BCUT2D eigenvalue weighted by Crippen LogP contribution is -2.40. The molecular weight excluding hydrogens is 454 g/mol. The monoisotopic (exact) mass is 477 g/mol. The molecule has 24 heavy (non-hydrogen) atoms. The van der Waals surface area contributed by atoms with Crippen molar-refractivity contribution in [1.29, 1.82) is 0 Å². The van der Waals surface area contributed by atoms with E-state index in [4.69, 9.17) is 0 Å². The van der Waals surface area contributed by atoms with Gasteiger partial charge in [0.1, 0.15) is 0 Å². The van der Waals surface area contributed by atoms with E-state index >= 15 is 0 Å². The highest BCUT2D eigenvalue weighted by molar-refractivity contribution is 14.0. The van der Waals surface area contributed by atoms with Gasteiger partial charge in [0.25, 0.3) is 0 Å². The number of aryl methyl sites for hydroxylation is 1. The maximum absolute atomic E-state index is 12.9. The average molecular weight is 477 g/mol. The second kappa shape index (κ2) is 9.73. The van der Waals surface area contributed by atoms with Crippen molar-refractivity contribution in [3.63, 3.8) is 0 Å². The number of halogens is 4. The summed E-state index contributed by atoms with van der Waals surface area (Å²) in [6.45, 7) is 3.29. The Morgan fingerprint density at radius 2 is 2.21 bits per heavy atom. The van der Waals surface area contributed by atoms with Crippen molar-refractivity contribution in [2.24, 2.45) is 12.0 Å². The third-order valence-corrected chi connectivity index (χ3v) is 4.84. The molecule has 2 N–H and O–H groups in total. The summed E-state index contributed by atoms with van der Waals surface area (Å²) in [5.41, 5.74) is -0.793. The van der Waals surface area contributed by atoms with E-state index in [1.54, 1.807) is 0 Å². The summed E-state index contributed by atoms with van der Waals surface area (Å²) in [6.07, 6.45) is -0.714. The molecule has 1 atom stereocenters. The maximum atomic E-state index is 12.9. The molecule has 2 heterocycles. The number of hydrogen-bond acceptors (Lipinski definition) is 3. The van der Waals surface area contributed by atoms with Gasteiger partial charge in [0, 0.05) is 37.1 Å². The van der Waals surface area contributed by atoms with Gasteiger partial charge in [0.05, 0.1) is 6.54 Å². The molecule has 0 bridgehead atoms. The summed E-state index contributed by atoms with van der Waals surface area (Å²) >= 11 is 1.92. The number of nitrogens with one attached hydrogen (secondary N) is 2. The van der Waals surface area contributed by atoms with E-state index in [9.17, 15) is 13.2 Å². The lowest BCUT2D eigenvalue weighted by atomic mass is 10.2. The van der Waals surface area contributed by atoms with Crippen LogP contribution in [-0.2, 0) is 19.8 Å². The quantitative estimate of drug-likeness (QED) is 0.389. The first-order valence-corrected chi connectivity index (χ1v) is 8.68. The van der Waals surface area contributed by atoms with Gasteiger partial charge < -0.3 is 10.6 Å². The fourth-order valence-corrected chi connectivity index (χ4v) is 3.61. The molecule has 2 rings (SSSR count). The Morgan fingerprint density at radius 1 is 1.46 bits per heavy atom. The predicted octanol–water partition coefficient (Wildman–Crippen LogP) is 3.01. The number of guanidine groups is 1. The van der Waals surface area contributed by atoms with E-state index in [0.717, 1.165) is 13.0 Å². The maximum Gasteiger partial charge on any atom is 0.435 e. The van der Waals surface area contributed by atoms with Crippen LogP contribution in [0.25, 0.3) is 0 Å². The highest BCUT2D eigenvalue weighted by atomic mass is 127. The van der Waals surface area contributed by atoms with Gasteiger partial charge in [-0.1, -0.05) is 0 Å². The van der Waals surface area contributed by atoms with Crippen LogP contribution in [0.15, 0.2) is 11.2 Å². The molecular formula is C14H23F3IN5S. The molecule has 1 saturated heterocycles. The fourth-order valence-electron chi connectivity index (χ4n) is 2.41. The third kappa shape index (κ3) is 6.34. The highest BCUT2D eigenvalue weighted by Gasteiger charge is 2.36. The van der Waals surface area contributed by atoms with Crippen LogP contribution in [0.3, 0.4) is 0 Å². The highest BCUT2D eigenvalue weighted by Crippen LogP contribution is 2.30. The van der Waals surface area contributed by atoms with Crippen LogP contribution in [0.5, 0.6) is 0 Å². The zero-order valence-electron chi connectivity index (χ0n) is 13.7. The van der Waals surface area contributed by atoms with Crippen molar-refractivity contribution < 1.29 is 13.2 Å². The summed E-state index contributed by atoms with van der Waals surface area (Å²) in [5.74, 6) is 1.71. The van der Waals surface area contributed by atoms with E-state index in [1.807, 2.05) is 18.7 Å². The molecule has 0 aromatic carbocycles. The largest absolute Gasteiger partial charge is 0.435 e. The Kier molecular flexibility index (Phi) is 8.68. The molecule has 1 unspecified atom stereocenters. The number of aliphatic imine (C=N–C) groups is 1. The minimum atomic E-state index is -4.46. The summed E-state index contributed by atoms with van der Waals surface area (Å²) in [4.78, 5) is 4.26. The number of nitrogens with zero attached hydrogens (tertiary/aromatic N) is 3. The van der Waals surface area contributed by atoms with Gasteiger partial charge in [-0.3, -0.25) is 4.68 Å². The fraction of sp³-hybridized carbons (Fsp3) is 0.714. The predicted molar refractivity (Wildman–Crippen MR) is 102 cm³/mol. The molecule has 0 spiro atoms. The average Bonchev–Trinajstić information content (AvgIpc) is 3.10. The number of thioether (sulfide) groups is 1. The number of aromatic nitrogens is 2. The molecule has 10 heteroatoms. The van der Waals surface area contributed by atoms with Crippen molar-refractivity contribution in [1.82, 2.24) is 20.4 Å². The van der Waals surface area contributed by atoms with Crippen LogP contribution in [0.2, 0.25) is 0 Å². The van der Waals surface area contributed by atoms with Crippen molar-refractivity contribution >= 4 is 41.7 Å². The number of hydrogen-bond donors (Lipinski definition) is 2. The molecule has 0 aliphatic carbocycles. The lowest BCUT2D eigenvalue weighted by Gasteiger charge is -2.14. The summed E-state index contributed by atoms with van der Waals surface area (Å²) in [7, 11) is 1.48. The zero-order valence-corrected chi connectivity index (χ0v) is 16.8. The van der Waals surface area contributed by atoms with Crippen molar-refractivity contribution in [2.45, 2.75) is 37.7 Å². The molecule has 138 valence electrons. The van der Waals surface area contributed by atoms with Gasteiger partial charge in [-0.05, 0) is 25.5 Å². The van der Waals surface area contributed by atoms with Gasteiger partial charge >= 0.3 is 6.18 Å². The Balaban J connectivity index is 0.00000288. The molecule has 1 fully saturated rings. The van der Waals surface area contributed by atoms with Crippen LogP contribution in [0.1, 0.15) is 31.0 Å². The Bertz CT molecular complexity index is 541. The van der Waals surface area contributed by atoms with Gasteiger partial charge in [0.15, 0.2) is 11.7 Å². The summed E-state index contributed by atoms with van der Waals surface area (Å²) in [5, 5.41) is 10.3. The normalized spacial score (nSPS) is 18.4. The summed E-state index contributed by atoms with van der Waals surface area (Å²) < 4.78 is 40.0. The minimum Gasteiger partial charge on any atom is -0.357 e. The lowest BCUT2D eigenvalue weighted by molar-refractivity contribution is -0.142. The summed E-state index contributed by atoms with van der Waals surface area (Å²) in [6, 6.07) is 0. The Hall–Kier alpha value is -0.650. The zero-order chi connectivity index (χ0) is 16.9. The third-order valence-electron chi connectivity index (χ3n) is 3.45. The molecule has 1 aromatic heterocycles. The van der Waals surface area contributed by atoms with Gasteiger partial charge in [-0.15, -0.1) is 24.0 Å². The molecule has 1 aliphatic heterocycles. The van der Waals surface area contributed by atoms with Gasteiger partial charge in [0.2, 0.25) is 0 Å². The standard InChI is InChI=1S/C14H22F3N5S.HI/c1-3-18-13(20-8-11-5-4-6-23-11)19-7-10-9-22(2)21-12(10)14(15,16)17;/h9,11H,3-8H2,1-2H3,(H2,18,19,20);1H. The SMILES string of the molecule is CCNC(=NCc1cn(C)nc1C(F)(F)F)NCC1CCCS1.I. The topological polar surface area (TPSA) is 54.2 Å². The number of alkyl halides is 3.